The number of aliphatic hydroxyl groups is 1. The van der Waals surface area contributed by atoms with Crippen LogP contribution in [0.4, 0.5) is 0 Å². The van der Waals surface area contributed by atoms with Crippen LogP contribution in [0.2, 0.25) is 0 Å². The lowest BCUT2D eigenvalue weighted by atomic mass is 10.1. The summed E-state index contributed by atoms with van der Waals surface area (Å²) in [6, 6.07) is 8.47. The molecule has 88 valence electrons. The van der Waals surface area contributed by atoms with Crippen LogP contribution in [0.1, 0.15) is 31.4 Å². The van der Waals surface area contributed by atoms with Crippen LogP contribution in [0.3, 0.4) is 0 Å². The molecule has 1 aliphatic rings. The molecule has 1 aromatic rings. The molecule has 0 aromatic heterocycles. The van der Waals surface area contributed by atoms with Crippen molar-refractivity contribution < 1.29 is 5.11 Å². The van der Waals surface area contributed by atoms with E-state index in [1.165, 1.54) is 18.4 Å². The average Bonchev–Trinajstić information content (AvgIpc) is 3.10. The Balaban J connectivity index is 1.87. The molecular formula is C13H18BrNO. The Labute approximate surface area is 105 Å². The summed E-state index contributed by atoms with van der Waals surface area (Å²) in [5.41, 5.74) is 1.24. The summed E-state index contributed by atoms with van der Waals surface area (Å²) in [5.74, 6) is 0.541. The van der Waals surface area contributed by atoms with Gasteiger partial charge < -0.3 is 10.4 Å². The van der Waals surface area contributed by atoms with Gasteiger partial charge in [0, 0.05) is 17.1 Å². The highest BCUT2D eigenvalue weighted by Crippen LogP contribution is 2.32. The van der Waals surface area contributed by atoms with Crippen LogP contribution < -0.4 is 5.32 Å². The molecule has 2 atom stereocenters. The molecule has 1 fully saturated rings. The fourth-order valence-electron chi connectivity index (χ4n) is 1.88. The Morgan fingerprint density at radius 2 is 2.12 bits per heavy atom. The van der Waals surface area contributed by atoms with Gasteiger partial charge >= 0.3 is 0 Å². The van der Waals surface area contributed by atoms with E-state index in [0.29, 0.717) is 12.5 Å². The summed E-state index contributed by atoms with van der Waals surface area (Å²) in [6.07, 6.45) is 2.20. The van der Waals surface area contributed by atoms with Gasteiger partial charge in [0.25, 0.3) is 0 Å². The van der Waals surface area contributed by atoms with Crippen molar-refractivity contribution in [2.45, 2.75) is 31.9 Å². The summed E-state index contributed by atoms with van der Waals surface area (Å²) in [6.45, 7) is 2.81. The van der Waals surface area contributed by atoms with Gasteiger partial charge in [-0.3, -0.25) is 0 Å². The Morgan fingerprint density at radius 1 is 1.44 bits per heavy atom. The number of aliphatic hydroxyl groups excluding tert-OH is 1. The minimum atomic E-state index is -0.176. The van der Waals surface area contributed by atoms with Gasteiger partial charge in [0.05, 0.1) is 6.10 Å². The van der Waals surface area contributed by atoms with Gasteiger partial charge in [-0.1, -0.05) is 34.1 Å². The third-order valence-electron chi connectivity index (χ3n) is 3.17. The van der Waals surface area contributed by atoms with E-state index in [1.807, 2.05) is 18.2 Å². The highest BCUT2D eigenvalue weighted by molar-refractivity contribution is 9.10. The van der Waals surface area contributed by atoms with Gasteiger partial charge in [0.15, 0.2) is 0 Å². The lowest BCUT2D eigenvalue weighted by molar-refractivity contribution is 0.145. The predicted molar refractivity (Wildman–Crippen MR) is 69.3 cm³/mol. The maximum Gasteiger partial charge on any atom is 0.0692 e. The molecule has 3 heteroatoms. The monoisotopic (exact) mass is 283 g/mol. The first-order valence-corrected chi connectivity index (χ1v) is 6.63. The van der Waals surface area contributed by atoms with Crippen molar-refractivity contribution in [2.75, 3.05) is 6.54 Å². The second-order valence-electron chi connectivity index (χ2n) is 4.56. The van der Waals surface area contributed by atoms with Crippen LogP contribution in [-0.2, 0) is 0 Å². The number of benzene rings is 1. The maximum absolute atomic E-state index is 9.78. The van der Waals surface area contributed by atoms with E-state index in [2.05, 4.69) is 34.2 Å². The molecule has 1 aromatic carbocycles. The Hall–Kier alpha value is -0.380. The molecule has 0 heterocycles. The largest absolute Gasteiger partial charge is 0.392 e. The standard InChI is InChI=1S/C13H18BrNO/c1-9(11-4-2-3-5-12(11)14)15-8-13(16)10-6-7-10/h2-5,9-10,13,15-16H,6-8H2,1H3. The van der Waals surface area contributed by atoms with Crippen molar-refractivity contribution in [3.63, 3.8) is 0 Å². The van der Waals surface area contributed by atoms with E-state index in [4.69, 9.17) is 0 Å². The highest BCUT2D eigenvalue weighted by atomic mass is 79.9. The molecule has 2 unspecified atom stereocenters. The molecular weight excluding hydrogens is 266 g/mol. The van der Waals surface area contributed by atoms with Crippen LogP contribution in [-0.4, -0.2) is 17.8 Å². The Bertz CT molecular complexity index is 352. The summed E-state index contributed by atoms with van der Waals surface area (Å²) in [7, 11) is 0. The Kier molecular flexibility index (Phi) is 4.00. The van der Waals surface area contributed by atoms with E-state index < -0.39 is 0 Å². The molecule has 0 radical (unpaired) electrons. The van der Waals surface area contributed by atoms with Crippen molar-refractivity contribution in [1.82, 2.24) is 5.32 Å². The molecule has 0 amide bonds. The number of nitrogens with one attached hydrogen (secondary N) is 1. The fourth-order valence-corrected chi connectivity index (χ4v) is 2.51. The van der Waals surface area contributed by atoms with Crippen molar-refractivity contribution in [3.8, 4) is 0 Å². The van der Waals surface area contributed by atoms with E-state index in [0.717, 1.165) is 4.47 Å². The molecule has 0 saturated heterocycles. The number of halogens is 1. The van der Waals surface area contributed by atoms with Gasteiger partial charge in [0.1, 0.15) is 0 Å². The van der Waals surface area contributed by atoms with E-state index in [1.54, 1.807) is 0 Å². The zero-order valence-corrected chi connectivity index (χ0v) is 11.1. The average molecular weight is 284 g/mol. The van der Waals surface area contributed by atoms with Gasteiger partial charge in [-0.05, 0) is 37.3 Å². The minimum absolute atomic E-state index is 0.176. The maximum atomic E-state index is 9.78. The SMILES string of the molecule is CC(NCC(O)C1CC1)c1ccccc1Br. The van der Waals surface area contributed by atoms with Gasteiger partial charge in [-0.15, -0.1) is 0 Å². The molecule has 2 rings (SSSR count). The van der Waals surface area contributed by atoms with Crippen molar-refractivity contribution in [1.29, 1.82) is 0 Å². The van der Waals surface area contributed by atoms with E-state index in [-0.39, 0.29) is 12.1 Å². The zero-order chi connectivity index (χ0) is 11.5. The van der Waals surface area contributed by atoms with Crippen LogP contribution in [0, 0.1) is 5.92 Å². The number of rotatable bonds is 5. The zero-order valence-electron chi connectivity index (χ0n) is 9.49. The molecule has 1 saturated carbocycles. The smallest absolute Gasteiger partial charge is 0.0692 e. The quantitative estimate of drug-likeness (QED) is 0.871. The Morgan fingerprint density at radius 3 is 2.75 bits per heavy atom. The molecule has 2 nitrogen and oxygen atoms in total. The summed E-state index contributed by atoms with van der Waals surface area (Å²) in [5, 5.41) is 13.2. The predicted octanol–water partition coefficient (Wildman–Crippen LogP) is 2.87. The van der Waals surface area contributed by atoms with Crippen LogP contribution >= 0.6 is 15.9 Å². The van der Waals surface area contributed by atoms with Gasteiger partial charge in [0.2, 0.25) is 0 Å². The van der Waals surface area contributed by atoms with E-state index in [9.17, 15) is 5.11 Å². The van der Waals surface area contributed by atoms with Gasteiger partial charge in [-0.25, -0.2) is 0 Å². The molecule has 0 spiro atoms. The molecule has 0 aliphatic heterocycles. The second kappa shape index (κ2) is 5.30. The second-order valence-corrected chi connectivity index (χ2v) is 5.41. The molecule has 16 heavy (non-hydrogen) atoms. The summed E-state index contributed by atoms with van der Waals surface area (Å²) in [4.78, 5) is 0. The van der Waals surface area contributed by atoms with E-state index >= 15 is 0 Å². The molecule has 2 N–H and O–H groups in total. The van der Waals surface area contributed by atoms with Crippen molar-refractivity contribution in [2.24, 2.45) is 5.92 Å². The number of hydrogen-bond acceptors (Lipinski definition) is 2. The molecule has 0 bridgehead atoms. The first kappa shape index (κ1) is 12.1. The third-order valence-corrected chi connectivity index (χ3v) is 3.89. The lowest BCUT2D eigenvalue weighted by Crippen LogP contribution is -2.30. The van der Waals surface area contributed by atoms with Crippen LogP contribution in [0.5, 0.6) is 0 Å². The first-order chi connectivity index (χ1) is 7.68. The normalized spacial score (nSPS) is 19.4. The van der Waals surface area contributed by atoms with Crippen molar-refractivity contribution >= 4 is 15.9 Å². The highest BCUT2D eigenvalue weighted by Gasteiger charge is 2.29. The number of hydrogen-bond donors (Lipinski definition) is 2. The van der Waals surface area contributed by atoms with Gasteiger partial charge in [-0.2, -0.15) is 0 Å². The van der Waals surface area contributed by atoms with Crippen molar-refractivity contribution in [3.05, 3.63) is 34.3 Å². The fraction of sp³-hybridized carbons (Fsp3) is 0.538. The minimum Gasteiger partial charge on any atom is -0.392 e. The van der Waals surface area contributed by atoms with Crippen LogP contribution in [0.25, 0.3) is 0 Å². The topological polar surface area (TPSA) is 32.3 Å². The van der Waals surface area contributed by atoms with Crippen LogP contribution in [0.15, 0.2) is 28.7 Å². The third kappa shape index (κ3) is 3.06. The summed E-state index contributed by atoms with van der Waals surface area (Å²) >= 11 is 3.54. The lowest BCUT2D eigenvalue weighted by Gasteiger charge is -2.18. The molecule has 1 aliphatic carbocycles. The summed E-state index contributed by atoms with van der Waals surface area (Å²) < 4.78 is 1.12. The first-order valence-electron chi connectivity index (χ1n) is 5.84.